The zero-order valence-electron chi connectivity index (χ0n) is 19.1. The second-order valence-electron chi connectivity index (χ2n) is 8.77. The molecule has 6 heteroatoms. The van der Waals surface area contributed by atoms with Crippen molar-refractivity contribution in [1.82, 2.24) is 5.32 Å². The Balaban J connectivity index is 1.88. The normalized spacial score (nSPS) is 24.1. The Labute approximate surface area is 183 Å². The van der Waals surface area contributed by atoms with Crippen molar-refractivity contribution in [3.63, 3.8) is 0 Å². The maximum Gasteiger partial charge on any atom is 0.220 e. The lowest BCUT2D eigenvalue weighted by Gasteiger charge is -2.36. The average molecular weight is 429 g/mol. The van der Waals surface area contributed by atoms with Gasteiger partial charge in [0, 0.05) is 6.42 Å². The molecule has 0 aliphatic carbocycles. The summed E-state index contributed by atoms with van der Waals surface area (Å²) in [5.41, 5.74) is 0. The van der Waals surface area contributed by atoms with E-state index in [0.717, 1.165) is 19.3 Å². The summed E-state index contributed by atoms with van der Waals surface area (Å²) >= 11 is 0. The molecule has 4 atom stereocenters. The molecule has 177 valence electrons. The van der Waals surface area contributed by atoms with Gasteiger partial charge in [0.25, 0.3) is 0 Å². The summed E-state index contributed by atoms with van der Waals surface area (Å²) in [4.78, 5) is 12.0. The predicted octanol–water partition coefficient (Wildman–Crippen LogP) is 4.01. The minimum Gasteiger partial charge on any atom is -0.394 e. The van der Waals surface area contributed by atoms with Crippen molar-refractivity contribution in [2.75, 3.05) is 6.61 Å². The van der Waals surface area contributed by atoms with Gasteiger partial charge < -0.3 is 25.4 Å². The standard InChI is InChI=1S/C24H46NO5/c1-2-3-4-5-6-7-8-9-10-11-12-13-14-15-16-17-22(27)25-20-19-30-21(18-26)24(29)23(20)28/h19-21,23-24,26,28-29H,2-18H2,1H3,(H,25,27)/t20-,21+,23+,24+/m0/s1. The summed E-state index contributed by atoms with van der Waals surface area (Å²) in [6.07, 6.45) is 16.5. The maximum absolute atomic E-state index is 12.0. The Morgan fingerprint density at radius 2 is 1.27 bits per heavy atom. The Morgan fingerprint density at radius 3 is 1.73 bits per heavy atom. The number of amides is 1. The molecular weight excluding hydrogens is 382 g/mol. The smallest absolute Gasteiger partial charge is 0.220 e. The van der Waals surface area contributed by atoms with Gasteiger partial charge in [-0.1, -0.05) is 96.8 Å². The molecule has 1 heterocycles. The van der Waals surface area contributed by atoms with Gasteiger partial charge in [0.15, 0.2) is 0 Å². The lowest BCUT2D eigenvalue weighted by atomic mass is 9.98. The molecule has 1 aliphatic heterocycles. The fourth-order valence-electron chi connectivity index (χ4n) is 3.96. The van der Waals surface area contributed by atoms with Gasteiger partial charge in [-0.15, -0.1) is 0 Å². The molecular formula is C24H46NO5. The van der Waals surface area contributed by atoms with Crippen LogP contribution in [-0.2, 0) is 9.53 Å². The highest BCUT2D eigenvalue weighted by Gasteiger charge is 2.38. The topological polar surface area (TPSA) is 99.0 Å². The molecule has 1 amide bonds. The van der Waals surface area contributed by atoms with E-state index in [1.165, 1.54) is 83.7 Å². The molecule has 0 saturated carbocycles. The van der Waals surface area contributed by atoms with Crippen LogP contribution in [0.3, 0.4) is 0 Å². The van der Waals surface area contributed by atoms with Crippen LogP contribution in [0.4, 0.5) is 0 Å². The summed E-state index contributed by atoms with van der Waals surface area (Å²) in [7, 11) is 0. The second-order valence-corrected chi connectivity index (χ2v) is 8.77. The van der Waals surface area contributed by atoms with Crippen molar-refractivity contribution in [1.29, 1.82) is 0 Å². The fourth-order valence-corrected chi connectivity index (χ4v) is 3.96. The molecule has 0 aromatic carbocycles. The van der Waals surface area contributed by atoms with Gasteiger partial charge in [0.1, 0.15) is 24.9 Å². The Bertz CT molecular complexity index is 420. The molecule has 0 aromatic heterocycles. The first-order valence-electron chi connectivity index (χ1n) is 12.3. The van der Waals surface area contributed by atoms with Crippen LogP contribution < -0.4 is 5.32 Å². The zero-order valence-corrected chi connectivity index (χ0v) is 19.1. The highest BCUT2D eigenvalue weighted by Crippen LogP contribution is 2.19. The van der Waals surface area contributed by atoms with E-state index in [4.69, 9.17) is 9.84 Å². The van der Waals surface area contributed by atoms with Gasteiger partial charge >= 0.3 is 0 Å². The SMILES string of the molecule is CCCCCCCCCCCCCCCCCC(=O)N[C@H]1[CH]O[C@H](CO)[C@@H](O)[C@@H]1O. The van der Waals surface area contributed by atoms with Gasteiger partial charge in [-0.3, -0.25) is 4.79 Å². The number of aliphatic hydroxyl groups is 3. The third-order valence-electron chi connectivity index (χ3n) is 6.01. The molecule has 30 heavy (non-hydrogen) atoms. The first kappa shape index (κ1) is 27.3. The first-order chi connectivity index (χ1) is 14.6. The van der Waals surface area contributed by atoms with Crippen LogP contribution in [0.25, 0.3) is 0 Å². The summed E-state index contributed by atoms with van der Waals surface area (Å²) in [6.45, 7) is 3.17. The largest absolute Gasteiger partial charge is 0.394 e. The van der Waals surface area contributed by atoms with Gasteiger partial charge in [0.2, 0.25) is 5.91 Å². The highest BCUT2D eigenvalue weighted by atomic mass is 16.5. The molecule has 1 saturated heterocycles. The van der Waals surface area contributed by atoms with Crippen molar-refractivity contribution in [2.24, 2.45) is 0 Å². The average Bonchev–Trinajstić information content (AvgIpc) is 2.74. The number of carbonyl (C=O) groups is 1. The quantitative estimate of drug-likeness (QED) is 0.247. The number of ether oxygens (including phenoxy) is 1. The molecule has 1 fully saturated rings. The number of hydrogen-bond donors (Lipinski definition) is 4. The Morgan fingerprint density at radius 1 is 0.800 bits per heavy atom. The number of hydrogen-bond acceptors (Lipinski definition) is 5. The minimum atomic E-state index is -1.21. The number of unbranched alkanes of at least 4 members (excludes halogenated alkanes) is 14. The maximum atomic E-state index is 12.0. The predicted molar refractivity (Wildman–Crippen MR) is 120 cm³/mol. The van der Waals surface area contributed by atoms with Crippen LogP contribution in [0.2, 0.25) is 0 Å². The van der Waals surface area contributed by atoms with Gasteiger partial charge in [0.05, 0.1) is 12.6 Å². The van der Waals surface area contributed by atoms with Gasteiger partial charge in [-0.25, -0.2) is 0 Å². The van der Waals surface area contributed by atoms with Crippen LogP contribution in [0.5, 0.6) is 0 Å². The summed E-state index contributed by atoms with van der Waals surface area (Å²) in [5.74, 6) is -0.150. The second kappa shape index (κ2) is 17.9. The number of aliphatic hydroxyl groups excluding tert-OH is 3. The van der Waals surface area contributed by atoms with Crippen molar-refractivity contribution in [3.8, 4) is 0 Å². The van der Waals surface area contributed by atoms with Crippen molar-refractivity contribution < 1.29 is 24.9 Å². The minimum absolute atomic E-state index is 0.150. The molecule has 1 rings (SSSR count). The summed E-state index contributed by atoms with van der Waals surface area (Å²) in [6, 6.07) is -0.744. The van der Waals surface area contributed by atoms with E-state index in [-0.39, 0.29) is 12.5 Å². The van der Waals surface area contributed by atoms with Crippen LogP contribution in [0, 0.1) is 6.61 Å². The van der Waals surface area contributed by atoms with E-state index in [2.05, 4.69) is 12.2 Å². The molecule has 0 bridgehead atoms. The zero-order chi connectivity index (χ0) is 22.0. The van der Waals surface area contributed by atoms with E-state index in [0.29, 0.717) is 6.42 Å². The fraction of sp³-hybridized carbons (Fsp3) is 0.917. The summed E-state index contributed by atoms with van der Waals surface area (Å²) in [5, 5.41) is 31.6. The van der Waals surface area contributed by atoms with Crippen LogP contribution in [0.1, 0.15) is 110 Å². The monoisotopic (exact) mass is 428 g/mol. The Hall–Kier alpha value is -0.690. The molecule has 6 nitrogen and oxygen atoms in total. The Kier molecular flexibility index (Phi) is 16.3. The third kappa shape index (κ3) is 12.2. The van der Waals surface area contributed by atoms with Crippen molar-refractivity contribution in [2.45, 2.75) is 134 Å². The first-order valence-corrected chi connectivity index (χ1v) is 12.3. The van der Waals surface area contributed by atoms with Crippen LogP contribution in [-0.4, -0.2) is 52.2 Å². The molecule has 0 aromatic rings. The molecule has 4 N–H and O–H groups in total. The highest BCUT2D eigenvalue weighted by molar-refractivity contribution is 5.76. The van der Waals surface area contributed by atoms with Gasteiger partial charge in [-0.2, -0.15) is 0 Å². The van der Waals surface area contributed by atoms with E-state index >= 15 is 0 Å². The lowest BCUT2D eigenvalue weighted by molar-refractivity contribution is -0.145. The summed E-state index contributed by atoms with van der Waals surface area (Å²) < 4.78 is 5.15. The number of nitrogens with one attached hydrogen (secondary N) is 1. The number of carbonyl (C=O) groups excluding carboxylic acids is 1. The molecule has 0 unspecified atom stereocenters. The molecule has 1 radical (unpaired) electrons. The number of rotatable bonds is 18. The van der Waals surface area contributed by atoms with Crippen molar-refractivity contribution >= 4 is 5.91 Å². The van der Waals surface area contributed by atoms with Crippen molar-refractivity contribution in [3.05, 3.63) is 6.61 Å². The van der Waals surface area contributed by atoms with E-state index in [1.54, 1.807) is 0 Å². The van der Waals surface area contributed by atoms with E-state index in [9.17, 15) is 15.0 Å². The van der Waals surface area contributed by atoms with Crippen LogP contribution >= 0.6 is 0 Å². The molecule has 1 aliphatic rings. The third-order valence-corrected chi connectivity index (χ3v) is 6.01. The van der Waals surface area contributed by atoms with Crippen LogP contribution in [0.15, 0.2) is 0 Å². The lowest BCUT2D eigenvalue weighted by Crippen LogP contribution is -2.58. The van der Waals surface area contributed by atoms with E-state index < -0.39 is 24.4 Å². The van der Waals surface area contributed by atoms with E-state index in [1.807, 2.05) is 0 Å². The van der Waals surface area contributed by atoms with Gasteiger partial charge in [-0.05, 0) is 6.42 Å². The molecule has 0 spiro atoms.